The maximum Gasteiger partial charge on any atom is 0.341 e. The van der Waals surface area contributed by atoms with Crippen molar-refractivity contribution in [1.82, 2.24) is 0 Å². The van der Waals surface area contributed by atoms with E-state index < -0.39 is 15.6 Å². The predicted molar refractivity (Wildman–Crippen MR) is 74.7 cm³/mol. The van der Waals surface area contributed by atoms with Gasteiger partial charge in [0.15, 0.2) is 0 Å². The number of benzene rings is 1. The maximum atomic E-state index is 12.4. The molecule has 1 aliphatic carbocycles. The topological polar surface area (TPSA) is 46.2 Å². The Hall–Kier alpha value is -1.17. The van der Waals surface area contributed by atoms with Crippen molar-refractivity contribution < 1.29 is 17.2 Å². The second kappa shape index (κ2) is 6.08. The third-order valence-corrected chi connectivity index (χ3v) is 5.14. The van der Waals surface area contributed by atoms with Crippen LogP contribution in [-0.2, 0) is 9.84 Å². The number of sulfone groups is 1. The van der Waals surface area contributed by atoms with E-state index in [4.69, 9.17) is 0 Å². The van der Waals surface area contributed by atoms with E-state index in [2.05, 4.69) is 12.2 Å². The summed E-state index contributed by atoms with van der Waals surface area (Å²) in [4.78, 5) is -0.343. The Bertz CT molecular complexity index is 539. The van der Waals surface area contributed by atoms with E-state index in [1.165, 1.54) is 43.5 Å². The van der Waals surface area contributed by atoms with Crippen LogP contribution in [0.1, 0.15) is 32.6 Å². The fourth-order valence-electron chi connectivity index (χ4n) is 2.42. The van der Waals surface area contributed by atoms with E-state index in [0.29, 0.717) is 0 Å². The van der Waals surface area contributed by atoms with Gasteiger partial charge in [-0.2, -0.15) is 8.78 Å². The molecule has 0 aromatic heterocycles. The molecule has 1 fully saturated rings. The molecule has 0 bridgehead atoms. The zero-order valence-corrected chi connectivity index (χ0v) is 12.2. The second-order valence-corrected chi connectivity index (χ2v) is 7.33. The molecule has 1 N–H and O–H groups in total. The Kier molecular flexibility index (Phi) is 4.62. The van der Waals surface area contributed by atoms with Crippen LogP contribution in [0.3, 0.4) is 0 Å². The Morgan fingerprint density at radius 3 is 2.30 bits per heavy atom. The zero-order chi connectivity index (χ0) is 14.8. The van der Waals surface area contributed by atoms with Gasteiger partial charge in [0.2, 0.25) is 9.84 Å². The van der Waals surface area contributed by atoms with Crippen molar-refractivity contribution in [2.24, 2.45) is 5.92 Å². The van der Waals surface area contributed by atoms with Gasteiger partial charge in [0, 0.05) is 11.7 Å². The molecule has 0 spiro atoms. The van der Waals surface area contributed by atoms with Gasteiger partial charge in [-0.15, -0.1) is 0 Å². The first kappa shape index (κ1) is 15.2. The highest BCUT2D eigenvalue weighted by Gasteiger charge is 2.26. The van der Waals surface area contributed by atoms with Gasteiger partial charge in [0.25, 0.3) is 0 Å². The number of anilines is 1. The summed E-state index contributed by atoms with van der Waals surface area (Å²) in [6.07, 6.45) is 4.93. The van der Waals surface area contributed by atoms with Crippen molar-refractivity contribution in [2.45, 2.75) is 49.3 Å². The number of halogens is 2. The lowest BCUT2D eigenvalue weighted by Crippen LogP contribution is -2.23. The lowest BCUT2D eigenvalue weighted by Gasteiger charge is -2.28. The summed E-state index contributed by atoms with van der Waals surface area (Å²) in [6, 6.07) is 5.80. The summed E-state index contributed by atoms with van der Waals surface area (Å²) in [5, 5.41) is 3.27. The summed E-state index contributed by atoms with van der Waals surface area (Å²) < 4.78 is 47.4. The molecule has 1 aromatic carbocycles. The number of nitrogens with one attached hydrogen (secondary N) is 1. The van der Waals surface area contributed by atoms with Crippen molar-refractivity contribution in [3.8, 4) is 0 Å². The Morgan fingerprint density at radius 1 is 1.25 bits per heavy atom. The van der Waals surface area contributed by atoms with E-state index in [0.717, 1.165) is 18.0 Å². The van der Waals surface area contributed by atoms with E-state index in [1.54, 1.807) is 0 Å². The van der Waals surface area contributed by atoms with Gasteiger partial charge < -0.3 is 5.32 Å². The Balaban J connectivity index is 1.97. The predicted octanol–water partition coefficient (Wildman–Crippen LogP) is 3.67. The number of hydrogen-bond donors (Lipinski definition) is 1. The molecular formula is C14H19F2NO2S. The third-order valence-electron chi connectivity index (χ3n) is 3.74. The monoisotopic (exact) mass is 303 g/mol. The van der Waals surface area contributed by atoms with Gasteiger partial charge in [-0.1, -0.05) is 19.3 Å². The second-order valence-electron chi connectivity index (χ2n) is 5.41. The van der Waals surface area contributed by atoms with Gasteiger partial charge in [0.1, 0.15) is 0 Å². The average Bonchev–Trinajstić information content (AvgIpc) is 2.34. The van der Waals surface area contributed by atoms with Crippen LogP contribution in [0.2, 0.25) is 0 Å². The fraction of sp³-hybridized carbons (Fsp3) is 0.571. The number of hydrogen-bond acceptors (Lipinski definition) is 3. The van der Waals surface area contributed by atoms with Gasteiger partial charge in [0.05, 0.1) is 4.90 Å². The van der Waals surface area contributed by atoms with E-state index in [9.17, 15) is 17.2 Å². The molecule has 2 rings (SSSR count). The maximum absolute atomic E-state index is 12.4. The van der Waals surface area contributed by atoms with E-state index in [1.807, 2.05) is 0 Å². The summed E-state index contributed by atoms with van der Waals surface area (Å²) >= 11 is 0. The largest absolute Gasteiger partial charge is 0.383 e. The fourth-order valence-corrected chi connectivity index (χ4v) is 3.14. The third kappa shape index (κ3) is 3.48. The lowest BCUT2D eigenvalue weighted by molar-refractivity contribution is 0.234. The highest BCUT2D eigenvalue weighted by molar-refractivity contribution is 7.91. The minimum absolute atomic E-state index is 0.290. The SMILES string of the molecule is CC(CC1CCC1)Nc1ccc(S(=O)(=O)C(F)F)cc1. The highest BCUT2D eigenvalue weighted by Crippen LogP contribution is 2.31. The van der Waals surface area contributed by atoms with Crippen LogP contribution in [0.25, 0.3) is 0 Å². The van der Waals surface area contributed by atoms with Crippen molar-refractivity contribution in [3.63, 3.8) is 0 Å². The highest BCUT2D eigenvalue weighted by atomic mass is 32.2. The van der Waals surface area contributed by atoms with Crippen molar-refractivity contribution in [2.75, 3.05) is 5.32 Å². The zero-order valence-electron chi connectivity index (χ0n) is 11.4. The first-order valence-corrected chi connectivity index (χ1v) is 8.33. The van der Waals surface area contributed by atoms with Crippen LogP contribution in [-0.4, -0.2) is 20.2 Å². The summed E-state index contributed by atoms with van der Waals surface area (Å²) in [5.41, 5.74) is 0.755. The number of alkyl halides is 2. The molecule has 20 heavy (non-hydrogen) atoms. The lowest BCUT2D eigenvalue weighted by atomic mass is 9.81. The summed E-state index contributed by atoms with van der Waals surface area (Å²) in [5.74, 6) is -2.60. The van der Waals surface area contributed by atoms with Gasteiger partial charge in [-0.3, -0.25) is 0 Å². The Labute approximate surface area is 118 Å². The van der Waals surface area contributed by atoms with Crippen LogP contribution in [0.5, 0.6) is 0 Å². The molecule has 0 radical (unpaired) electrons. The van der Waals surface area contributed by atoms with E-state index in [-0.39, 0.29) is 10.9 Å². The minimum atomic E-state index is -4.50. The first-order chi connectivity index (χ1) is 9.39. The molecule has 1 atom stereocenters. The molecule has 0 heterocycles. The van der Waals surface area contributed by atoms with Gasteiger partial charge in [-0.25, -0.2) is 8.42 Å². The quantitative estimate of drug-likeness (QED) is 0.872. The summed E-state index contributed by atoms with van der Waals surface area (Å²) in [7, 11) is -4.50. The molecule has 6 heteroatoms. The standard InChI is InChI=1S/C14H19F2NO2S/c1-10(9-11-3-2-4-11)17-12-5-7-13(8-6-12)20(18,19)14(15)16/h5-8,10-11,14,17H,2-4,9H2,1H3. The van der Waals surface area contributed by atoms with Crippen molar-refractivity contribution in [3.05, 3.63) is 24.3 Å². The van der Waals surface area contributed by atoms with Crippen LogP contribution >= 0.6 is 0 Å². The first-order valence-electron chi connectivity index (χ1n) is 6.78. The molecule has 112 valence electrons. The molecular weight excluding hydrogens is 284 g/mol. The van der Waals surface area contributed by atoms with Crippen LogP contribution < -0.4 is 5.32 Å². The molecule has 0 saturated heterocycles. The summed E-state index contributed by atoms with van der Waals surface area (Å²) in [6.45, 7) is 2.07. The number of rotatable bonds is 6. The molecule has 1 unspecified atom stereocenters. The van der Waals surface area contributed by atoms with Gasteiger partial charge in [-0.05, 0) is 43.5 Å². The van der Waals surface area contributed by atoms with Crippen molar-refractivity contribution >= 4 is 15.5 Å². The minimum Gasteiger partial charge on any atom is -0.383 e. The van der Waals surface area contributed by atoms with Gasteiger partial charge >= 0.3 is 5.76 Å². The van der Waals surface area contributed by atoms with E-state index >= 15 is 0 Å². The normalized spacial score (nSPS) is 17.8. The molecule has 0 amide bonds. The molecule has 0 aliphatic heterocycles. The van der Waals surface area contributed by atoms with Crippen LogP contribution in [0, 0.1) is 5.92 Å². The molecule has 3 nitrogen and oxygen atoms in total. The van der Waals surface area contributed by atoms with Crippen LogP contribution in [0.15, 0.2) is 29.2 Å². The molecule has 1 aliphatic rings. The van der Waals surface area contributed by atoms with Crippen molar-refractivity contribution in [1.29, 1.82) is 0 Å². The average molecular weight is 303 g/mol. The Morgan fingerprint density at radius 2 is 1.85 bits per heavy atom. The van der Waals surface area contributed by atoms with Crippen LogP contribution in [0.4, 0.5) is 14.5 Å². The smallest absolute Gasteiger partial charge is 0.341 e. The molecule has 1 saturated carbocycles. The molecule has 1 aromatic rings.